The van der Waals surface area contributed by atoms with Crippen LogP contribution in [0.1, 0.15) is 13.3 Å². The molecule has 0 spiro atoms. The van der Waals surface area contributed by atoms with Crippen LogP contribution in [0, 0.1) is 0 Å². The third-order valence-electron chi connectivity index (χ3n) is 0.683. The average Bonchev–Trinajstić information content (AvgIpc) is 2.03. The molecular formula is C5H12BLiO7. The first-order chi connectivity index (χ1) is 6.29. The van der Waals surface area contributed by atoms with Gasteiger partial charge in [-0.15, -0.1) is 0 Å². The van der Waals surface area contributed by atoms with Crippen molar-refractivity contribution in [3.8, 4) is 0 Å². The Hall–Kier alpha value is -0.518. The molecule has 0 aromatic heterocycles. The molecule has 0 saturated carbocycles. The molecular weight excluding hydrogens is 190 g/mol. The van der Waals surface area contributed by atoms with Crippen LogP contribution in [0.15, 0.2) is 0 Å². The minimum atomic E-state index is -2.17. The molecule has 0 rings (SSSR count). The summed E-state index contributed by atoms with van der Waals surface area (Å²) in [6.45, 7) is 2.18. The second-order valence-electron chi connectivity index (χ2n) is 1.96. The van der Waals surface area contributed by atoms with Crippen LogP contribution in [0.3, 0.4) is 0 Å². The monoisotopic (exact) mass is 202 g/mol. The molecule has 0 saturated heterocycles. The van der Waals surface area contributed by atoms with Gasteiger partial charge >= 0.3 is 55.4 Å². The van der Waals surface area contributed by atoms with E-state index in [1.165, 1.54) is 11.5 Å². The standard InChI is InChI=1S/C3H7.C2H2O4.BH3O3.Li/c1-3-2;3-1(4)2(5)6;2-1(3)4;/h1,3H2,2H3;(H,3,4)(H,5,6);2-4H;. The van der Waals surface area contributed by atoms with Gasteiger partial charge in [0.15, 0.2) is 0 Å². The Kier molecular flexibility index (Phi) is 20.5. The summed E-state index contributed by atoms with van der Waals surface area (Å²) in [5, 5.41) is 37.6. The zero-order valence-corrected chi connectivity index (χ0v) is 8.04. The van der Waals surface area contributed by atoms with Gasteiger partial charge in [0.05, 0.1) is 0 Å². The van der Waals surface area contributed by atoms with E-state index in [0.717, 1.165) is 0 Å². The van der Waals surface area contributed by atoms with Crippen LogP contribution in [0.5, 0.6) is 0 Å². The first kappa shape index (κ1) is 19.1. The van der Waals surface area contributed by atoms with Crippen LogP contribution >= 0.6 is 0 Å². The first-order valence-electron chi connectivity index (χ1n) is 3.79. The average molecular weight is 202 g/mol. The number of hydrogen-bond donors (Lipinski definition) is 5. The minimum absolute atomic E-state index is 1.32. The maximum absolute atomic E-state index is 9.10. The fourth-order valence-electron chi connectivity index (χ4n) is 0. The van der Waals surface area contributed by atoms with E-state index in [1.54, 1.807) is 0 Å². The summed E-state index contributed by atoms with van der Waals surface area (Å²) in [6.07, 6.45) is 1.32. The molecule has 78 valence electrons. The van der Waals surface area contributed by atoms with Gasteiger partial charge in [0.25, 0.3) is 0 Å². The molecule has 0 aliphatic rings. The van der Waals surface area contributed by atoms with Crippen molar-refractivity contribution in [1.82, 2.24) is 0 Å². The van der Waals surface area contributed by atoms with Crippen molar-refractivity contribution in [3.63, 3.8) is 0 Å². The number of aliphatic carboxylic acids is 2. The zero-order valence-electron chi connectivity index (χ0n) is 8.04. The summed E-state index contributed by atoms with van der Waals surface area (Å²) in [5.41, 5.74) is 0. The number of carboxylic acids is 2. The van der Waals surface area contributed by atoms with Gasteiger partial charge in [-0.25, -0.2) is 9.59 Å². The Morgan fingerprint density at radius 3 is 1.29 bits per heavy atom. The third kappa shape index (κ3) is 62.8. The maximum atomic E-state index is 9.10. The molecule has 9 heteroatoms. The Labute approximate surface area is 90.8 Å². The Bertz CT molecular complexity index is 134. The van der Waals surface area contributed by atoms with Crippen molar-refractivity contribution in [2.45, 2.75) is 18.4 Å². The fourth-order valence-corrected chi connectivity index (χ4v) is 0. The predicted molar refractivity (Wildman–Crippen MR) is 48.5 cm³/mol. The van der Waals surface area contributed by atoms with Crippen molar-refractivity contribution in [1.29, 1.82) is 0 Å². The summed E-state index contributed by atoms with van der Waals surface area (Å²) < 4.78 is 0. The molecule has 0 heterocycles. The van der Waals surface area contributed by atoms with Crippen LogP contribution in [0.4, 0.5) is 0 Å². The molecule has 0 radical (unpaired) electrons. The fraction of sp³-hybridized carbons (Fsp3) is 0.600. The van der Waals surface area contributed by atoms with Gasteiger partial charge in [-0.05, 0) is 0 Å². The molecule has 0 amide bonds. The molecule has 0 bridgehead atoms. The van der Waals surface area contributed by atoms with Gasteiger partial charge < -0.3 is 25.3 Å². The van der Waals surface area contributed by atoms with E-state index in [9.17, 15) is 0 Å². The molecule has 14 heavy (non-hydrogen) atoms. The Balaban J connectivity index is -0.000000135. The summed E-state index contributed by atoms with van der Waals surface area (Å²) in [7, 11) is -2.17. The molecule has 0 aliphatic carbocycles. The van der Waals surface area contributed by atoms with Gasteiger partial charge in [-0.2, -0.15) is 0 Å². The summed E-state index contributed by atoms with van der Waals surface area (Å²) >= 11 is 2.18. The number of hydrogen-bond acceptors (Lipinski definition) is 5. The van der Waals surface area contributed by atoms with E-state index < -0.39 is 19.3 Å². The van der Waals surface area contributed by atoms with Gasteiger partial charge in [0, 0.05) is 0 Å². The molecule has 0 aromatic carbocycles. The van der Waals surface area contributed by atoms with E-state index in [2.05, 4.69) is 24.6 Å². The van der Waals surface area contributed by atoms with E-state index in [-0.39, 0.29) is 0 Å². The Morgan fingerprint density at radius 2 is 1.29 bits per heavy atom. The molecule has 5 N–H and O–H groups in total. The van der Waals surface area contributed by atoms with E-state index in [4.69, 9.17) is 34.9 Å². The second-order valence-corrected chi connectivity index (χ2v) is 1.96. The van der Waals surface area contributed by atoms with Crippen LogP contribution in [0.2, 0.25) is 5.09 Å². The summed E-state index contributed by atoms with van der Waals surface area (Å²) in [4.78, 5) is 18.2. The molecule has 0 fully saturated rings. The van der Waals surface area contributed by atoms with Crippen LogP contribution < -0.4 is 0 Å². The van der Waals surface area contributed by atoms with Crippen molar-refractivity contribution in [2.24, 2.45) is 0 Å². The topological polar surface area (TPSA) is 135 Å². The Morgan fingerprint density at radius 1 is 1.14 bits per heavy atom. The quantitative estimate of drug-likeness (QED) is 0.247. The SMILES string of the molecule is O=C(O)C(=O)O.OB(O)O.[Li][CH2]CC. The third-order valence-corrected chi connectivity index (χ3v) is 0.683. The van der Waals surface area contributed by atoms with E-state index >= 15 is 0 Å². The molecule has 0 aliphatic heterocycles. The van der Waals surface area contributed by atoms with Crippen molar-refractivity contribution in [2.75, 3.05) is 0 Å². The second kappa shape index (κ2) is 15.0. The van der Waals surface area contributed by atoms with Crippen molar-refractivity contribution >= 4 is 37.0 Å². The number of carbonyl (C=O) groups is 2. The molecule has 7 nitrogen and oxygen atoms in total. The number of rotatable bonds is 1. The zero-order chi connectivity index (χ0) is 12.1. The van der Waals surface area contributed by atoms with Crippen LogP contribution in [-0.4, -0.2) is 62.3 Å². The van der Waals surface area contributed by atoms with E-state index in [0.29, 0.717) is 0 Å². The van der Waals surface area contributed by atoms with Gasteiger partial charge in [-0.1, -0.05) is 0 Å². The first-order valence-corrected chi connectivity index (χ1v) is 3.79. The van der Waals surface area contributed by atoms with E-state index in [1.807, 2.05) is 0 Å². The normalized spacial score (nSPS) is 7.29. The van der Waals surface area contributed by atoms with Crippen LogP contribution in [-0.2, 0) is 9.59 Å². The van der Waals surface area contributed by atoms with Gasteiger partial charge in [0.2, 0.25) is 0 Å². The molecule has 0 aromatic rings. The molecule has 0 unspecified atom stereocenters. The summed E-state index contributed by atoms with van der Waals surface area (Å²) in [5.74, 6) is -3.65. The van der Waals surface area contributed by atoms with Crippen molar-refractivity contribution in [3.05, 3.63) is 0 Å². The predicted octanol–water partition coefficient (Wildman–Crippen LogP) is -1.91. The van der Waals surface area contributed by atoms with Crippen molar-refractivity contribution < 1.29 is 34.9 Å². The van der Waals surface area contributed by atoms with Crippen LogP contribution in [0.25, 0.3) is 0 Å². The molecule has 0 atom stereocenters. The van der Waals surface area contributed by atoms with Gasteiger partial charge in [0.1, 0.15) is 0 Å². The summed E-state index contributed by atoms with van der Waals surface area (Å²) in [6, 6.07) is 0. The van der Waals surface area contributed by atoms with Gasteiger partial charge in [-0.3, -0.25) is 0 Å². The number of carboxylic acid groups (broad SMARTS) is 2.